The Morgan fingerprint density at radius 2 is 1.92 bits per heavy atom. The Labute approximate surface area is 79.1 Å². The highest BCUT2D eigenvalue weighted by molar-refractivity contribution is 5.87. The highest BCUT2D eigenvalue weighted by Gasteiger charge is 2.07. The molecule has 0 saturated heterocycles. The predicted molar refractivity (Wildman–Crippen MR) is 52.2 cm³/mol. The number of nitrogens with two attached hydrogens (primary N) is 2. The molecule has 0 rings (SSSR count). The molecular weight excluding hydrogens is 170 g/mol. The van der Waals surface area contributed by atoms with E-state index in [0.29, 0.717) is 12.3 Å². The third-order valence-corrected chi connectivity index (χ3v) is 1.12. The van der Waals surface area contributed by atoms with Gasteiger partial charge in [0.15, 0.2) is 0 Å². The van der Waals surface area contributed by atoms with Crippen molar-refractivity contribution in [3.05, 3.63) is 11.4 Å². The summed E-state index contributed by atoms with van der Waals surface area (Å²) in [5.41, 5.74) is 7.99. The molecule has 0 aliphatic heterocycles. The van der Waals surface area contributed by atoms with Crippen molar-refractivity contribution in [1.29, 1.82) is 0 Å². The van der Waals surface area contributed by atoms with Crippen LogP contribution in [0.4, 0.5) is 0 Å². The summed E-state index contributed by atoms with van der Waals surface area (Å²) in [7, 11) is 0. The van der Waals surface area contributed by atoms with Crippen molar-refractivity contribution in [2.75, 3.05) is 6.61 Å². The zero-order valence-corrected chi connectivity index (χ0v) is 8.68. The summed E-state index contributed by atoms with van der Waals surface area (Å²) >= 11 is 0. The zero-order valence-electron chi connectivity index (χ0n) is 8.68. The number of hydrazine groups is 1. The van der Waals surface area contributed by atoms with Crippen LogP contribution in [-0.4, -0.2) is 12.6 Å². The van der Waals surface area contributed by atoms with Gasteiger partial charge in [-0.25, -0.2) is 4.79 Å². The summed E-state index contributed by atoms with van der Waals surface area (Å²) in [5.74, 6) is 4.46. The summed E-state index contributed by atoms with van der Waals surface area (Å²) in [4.78, 5) is 10.8. The van der Waals surface area contributed by atoms with E-state index in [-0.39, 0.29) is 5.70 Å². The van der Waals surface area contributed by atoms with E-state index < -0.39 is 5.97 Å². The molecule has 0 aromatic rings. The standard InChI is InChI=1S/C6H13N3O2.C2H6/c1-3-11-6(10)5(7)4(2)9-8;1-2/h9H,3,7-8H2,1-2H3;1-2H3/b5-4-;. The van der Waals surface area contributed by atoms with Crippen molar-refractivity contribution < 1.29 is 9.53 Å². The molecule has 0 aliphatic rings. The first-order valence-electron chi connectivity index (χ1n) is 4.23. The molecule has 5 heteroatoms. The third kappa shape index (κ3) is 5.98. The molecule has 0 aromatic carbocycles. The molecule has 78 valence electrons. The number of allylic oxidation sites excluding steroid dienone is 1. The average Bonchev–Trinajstić information content (AvgIpc) is 2.19. The van der Waals surface area contributed by atoms with Gasteiger partial charge in [0.1, 0.15) is 5.70 Å². The van der Waals surface area contributed by atoms with E-state index in [1.54, 1.807) is 13.8 Å². The summed E-state index contributed by atoms with van der Waals surface area (Å²) in [5, 5.41) is 0. The molecule has 5 N–H and O–H groups in total. The molecule has 0 fully saturated rings. The van der Waals surface area contributed by atoms with Gasteiger partial charge in [-0.15, -0.1) is 0 Å². The van der Waals surface area contributed by atoms with Gasteiger partial charge in [-0.05, 0) is 13.8 Å². The lowest BCUT2D eigenvalue weighted by molar-refractivity contribution is -0.138. The zero-order chi connectivity index (χ0) is 10.9. The first-order valence-corrected chi connectivity index (χ1v) is 4.23. The number of hydrogen-bond donors (Lipinski definition) is 3. The van der Waals surface area contributed by atoms with Crippen LogP contribution in [0.25, 0.3) is 0 Å². The molecule has 0 radical (unpaired) electrons. The highest BCUT2D eigenvalue weighted by atomic mass is 16.5. The molecule has 0 unspecified atom stereocenters. The molecular formula is C8H19N3O2. The first-order chi connectivity index (χ1) is 6.13. The van der Waals surface area contributed by atoms with Crippen molar-refractivity contribution in [2.45, 2.75) is 27.7 Å². The fraction of sp³-hybridized carbons (Fsp3) is 0.625. The number of ether oxygens (including phenoxy) is 1. The second-order valence-electron chi connectivity index (χ2n) is 1.90. The van der Waals surface area contributed by atoms with Gasteiger partial charge in [0.05, 0.1) is 12.3 Å². The van der Waals surface area contributed by atoms with Gasteiger partial charge >= 0.3 is 5.97 Å². The summed E-state index contributed by atoms with van der Waals surface area (Å²) in [6, 6.07) is 0. The van der Waals surface area contributed by atoms with E-state index >= 15 is 0 Å². The minimum Gasteiger partial charge on any atom is -0.461 e. The molecule has 0 heterocycles. The monoisotopic (exact) mass is 189 g/mol. The maximum Gasteiger partial charge on any atom is 0.356 e. The minimum absolute atomic E-state index is 0.00866. The summed E-state index contributed by atoms with van der Waals surface area (Å²) < 4.78 is 4.61. The summed E-state index contributed by atoms with van der Waals surface area (Å²) in [6.45, 7) is 7.60. The van der Waals surface area contributed by atoms with E-state index in [2.05, 4.69) is 10.2 Å². The van der Waals surface area contributed by atoms with Crippen molar-refractivity contribution >= 4 is 5.97 Å². The quantitative estimate of drug-likeness (QED) is 0.256. The van der Waals surface area contributed by atoms with Crippen LogP contribution >= 0.6 is 0 Å². The summed E-state index contributed by atoms with van der Waals surface area (Å²) in [6.07, 6.45) is 0. The molecule has 0 bridgehead atoms. The van der Waals surface area contributed by atoms with Crippen LogP contribution in [0.2, 0.25) is 0 Å². The Balaban J connectivity index is 0. The molecule has 0 atom stereocenters. The smallest absolute Gasteiger partial charge is 0.356 e. The van der Waals surface area contributed by atoms with Gasteiger partial charge in [0, 0.05) is 0 Å². The second kappa shape index (κ2) is 8.86. The number of rotatable bonds is 3. The lowest BCUT2D eigenvalue weighted by Gasteiger charge is -2.05. The first kappa shape index (κ1) is 14.3. The molecule has 13 heavy (non-hydrogen) atoms. The molecule has 0 saturated carbocycles. The predicted octanol–water partition coefficient (Wildman–Crippen LogP) is 0.229. The Morgan fingerprint density at radius 1 is 1.46 bits per heavy atom. The van der Waals surface area contributed by atoms with Crippen LogP contribution in [0, 0.1) is 0 Å². The van der Waals surface area contributed by atoms with Crippen LogP contribution in [0.1, 0.15) is 27.7 Å². The molecule has 5 nitrogen and oxygen atoms in total. The Bertz CT molecular complexity index is 178. The lowest BCUT2D eigenvalue weighted by Crippen LogP contribution is -2.27. The van der Waals surface area contributed by atoms with Crippen LogP contribution in [0.3, 0.4) is 0 Å². The van der Waals surface area contributed by atoms with Crippen molar-refractivity contribution in [3.8, 4) is 0 Å². The van der Waals surface area contributed by atoms with E-state index in [0.717, 1.165) is 0 Å². The number of carbonyl (C=O) groups is 1. The van der Waals surface area contributed by atoms with Crippen LogP contribution in [0.15, 0.2) is 11.4 Å². The van der Waals surface area contributed by atoms with E-state index in [4.69, 9.17) is 11.6 Å². The topological polar surface area (TPSA) is 90.4 Å². The van der Waals surface area contributed by atoms with Gasteiger partial charge in [-0.2, -0.15) is 0 Å². The van der Waals surface area contributed by atoms with Crippen molar-refractivity contribution in [3.63, 3.8) is 0 Å². The molecule has 0 aromatic heterocycles. The molecule has 0 spiro atoms. The third-order valence-electron chi connectivity index (χ3n) is 1.12. The van der Waals surface area contributed by atoms with Gasteiger partial charge in [0.2, 0.25) is 0 Å². The second-order valence-corrected chi connectivity index (χ2v) is 1.90. The molecule has 0 aliphatic carbocycles. The van der Waals surface area contributed by atoms with E-state index in [1.807, 2.05) is 13.8 Å². The maximum absolute atomic E-state index is 10.8. The van der Waals surface area contributed by atoms with Crippen molar-refractivity contribution in [2.24, 2.45) is 11.6 Å². The van der Waals surface area contributed by atoms with E-state index in [9.17, 15) is 4.79 Å². The van der Waals surface area contributed by atoms with Gasteiger partial charge < -0.3 is 15.9 Å². The van der Waals surface area contributed by atoms with E-state index in [1.165, 1.54) is 0 Å². The number of hydrogen-bond acceptors (Lipinski definition) is 5. The average molecular weight is 189 g/mol. The van der Waals surface area contributed by atoms with Crippen LogP contribution in [0.5, 0.6) is 0 Å². The maximum atomic E-state index is 10.8. The Hall–Kier alpha value is -1.23. The van der Waals surface area contributed by atoms with Crippen LogP contribution < -0.4 is 17.0 Å². The van der Waals surface area contributed by atoms with Gasteiger partial charge in [0.25, 0.3) is 0 Å². The van der Waals surface area contributed by atoms with Crippen LogP contribution in [-0.2, 0) is 9.53 Å². The lowest BCUT2D eigenvalue weighted by atomic mass is 10.4. The number of carbonyl (C=O) groups excluding carboxylic acids is 1. The Morgan fingerprint density at radius 3 is 2.23 bits per heavy atom. The largest absolute Gasteiger partial charge is 0.461 e. The van der Waals surface area contributed by atoms with Gasteiger partial charge in [-0.1, -0.05) is 13.8 Å². The molecule has 0 amide bonds. The number of esters is 1. The number of nitrogens with one attached hydrogen (secondary N) is 1. The Kier molecular flexibility index (Phi) is 9.75. The fourth-order valence-electron chi connectivity index (χ4n) is 0.440. The minimum atomic E-state index is -0.553. The fourth-order valence-corrected chi connectivity index (χ4v) is 0.440. The highest BCUT2D eigenvalue weighted by Crippen LogP contribution is 1.94. The SMILES string of the molecule is CC.CCOC(=O)/C(N)=C(\C)NN. The van der Waals surface area contributed by atoms with Gasteiger partial charge in [-0.3, -0.25) is 5.84 Å². The normalized spacial score (nSPS) is 10.5. The van der Waals surface area contributed by atoms with Crippen molar-refractivity contribution in [1.82, 2.24) is 5.43 Å².